The predicted octanol–water partition coefficient (Wildman–Crippen LogP) is 2.28. The summed E-state index contributed by atoms with van der Waals surface area (Å²) < 4.78 is 19.6. The van der Waals surface area contributed by atoms with Gasteiger partial charge in [-0.2, -0.15) is 0 Å². The maximum absolute atomic E-state index is 13.1. The number of hydrogen-bond donors (Lipinski definition) is 4. The van der Waals surface area contributed by atoms with Crippen LogP contribution in [0, 0.1) is 0 Å². The maximum Gasteiger partial charge on any atom is 0.407 e. The number of hydrogen-bond acceptors (Lipinski definition) is 7. The molecule has 0 saturated heterocycles. The van der Waals surface area contributed by atoms with Crippen molar-refractivity contribution in [1.82, 2.24) is 25.1 Å². The summed E-state index contributed by atoms with van der Waals surface area (Å²) in [4.78, 5) is 38.9. The van der Waals surface area contributed by atoms with Gasteiger partial charge >= 0.3 is 6.09 Å². The molecule has 10 nitrogen and oxygen atoms in total. The standard InChI is InChI=1S/C18H23FN6O4S/c1-18(2,3)29-17(28)23-11-6-10(7-11)22-14-12-4-5-25(30-19)15(12)20-8-13(14)16(27)24-21-9-26/h4-5,8-11H,6-7H2,1-3H3,(H,20,22)(H,21,26)(H,23,28)(H,24,27). The van der Waals surface area contributed by atoms with Crippen LogP contribution in [0.2, 0.25) is 0 Å². The Morgan fingerprint density at radius 3 is 2.70 bits per heavy atom. The Bertz CT molecular complexity index is 954. The van der Waals surface area contributed by atoms with E-state index in [1.807, 2.05) is 0 Å². The zero-order valence-corrected chi connectivity index (χ0v) is 17.5. The molecule has 1 aliphatic carbocycles. The summed E-state index contributed by atoms with van der Waals surface area (Å²) in [7, 11) is 0. The number of nitrogens with zero attached hydrogens (tertiary/aromatic N) is 2. The van der Waals surface area contributed by atoms with Crippen LogP contribution in [0.3, 0.4) is 0 Å². The topological polar surface area (TPSA) is 126 Å². The first-order valence-corrected chi connectivity index (χ1v) is 9.94. The van der Waals surface area contributed by atoms with Crippen LogP contribution in [0.5, 0.6) is 0 Å². The van der Waals surface area contributed by atoms with Gasteiger partial charge in [-0.25, -0.2) is 13.8 Å². The number of halogens is 1. The number of anilines is 1. The van der Waals surface area contributed by atoms with Gasteiger partial charge in [0.05, 0.1) is 11.3 Å². The van der Waals surface area contributed by atoms with E-state index in [9.17, 15) is 18.3 Å². The first-order valence-electron chi connectivity index (χ1n) is 9.26. The summed E-state index contributed by atoms with van der Waals surface area (Å²) in [5.41, 5.74) is 4.79. The highest BCUT2D eigenvalue weighted by Crippen LogP contribution is 2.33. The molecule has 1 fully saturated rings. The smallest absolute Gasteiger partial charge is 0.407 e. The lowest BCUT2D eigenvalue weighted by atomic mass is 9.86. The summed E-state index contributed by atoms with van der Waals surface area (Å²) in [6.45, 7) is 5.38. The summed E-state index contributed by atoms with van der Waals surface area (Å²) >= 11 is -0.00220. The Kier molecular flexibility index (Phi) is 6.34. The second-order valence-electron chi connectivity index (χ2n) is 7.87. The Morgan fingerprint density at radius 1 is 1.33 bits per heavy atom. The number of amides is 3. The van der Waals surface area contributed by atoms with Crippen LogP contribution in [0.4, 0.5) is 14.4 Å². The van der Waals surface area contributed by atoms with Crippen LogP contribution < -0.4 is 21.5 Å². The number of alkyl carbamates (subject to hydrolysis) is 1. The van der Waals surface area contributed by atoms with E-state index in [-0.39, 0.29) is 30.0 Å². The maximum atomic E-state index is 13.1. The minimum Gasteiger partial charge on any atom is -0.444 e. The largest absolute Gasteiger partial charge is 0.444 e. The Balaban J connectivity index is 1.73. The lowest BCUT2D eigenvalue weighted by Gasteiger charge is -2.37. The molecule has 0 atom stereocenters. The molecule has 3 rings (SSSR count). The summed E-state index contributed by atoms with van der Waals surface area (Å²) in [5.74, 6) is -0.567. The van der Waals surface area contributed by atoms with Gasteiger partial charge in [-0.3, -0.25) is 20.4 Å². The number of rotatable bonds is 7. The van der Waals surface area contributed by atoms with Crippen molar-refractivity contribution in [1.29, 1.82) is 0 Å². The number of aromatic nitrogens is 2. The number of carbonyl (C=O) groups is 3. The molecule has 0 radical (unpaired) electrons. The third kappa shape index (κ3) is 4.93. The Labute approximate surface area is 176 Å². The van der Waals surface area contributed by atoms with Crippen molar-refractivity contribution in [3.63, 3.8) is 0 Å². The monoisotopic (exact) mass is 438 g/mol. The SMILES string of the molecule is CC(C)(C)OC(=O)NC1CC(Nc2c(C(=O)NNC=O)cnc3c2ccn3SF)C1. The molecule has 0 aromatic carbocycles. The summed E-state index contributed by atoms with van der Waals surface area (Å²) in [5, 5.41) is 6.65. The van der Waals surface area contributed by atoms with Gasteiger partial charge in [0.1, 0.15) is 5.60 Å². The third-order valence-corrected chi connectivity index (χ3v) is 4.90. The van der Waals surface area contributed by atoms with E-state index >= 15 is 0 Å². The quantitative estimate of drug-likeness (QED) is 0.386. The van der Waals surface area contributed by atoms with E-state index in [0.29, 0.717) is 36.0 Å². The molecule has 30 heavy (non-hydrogen) atoms. The van der Waals surface area contributed by atoms with Crippen molar-refractivity contribution >= 4 is 47.5 Å². The van der Waals surface area contributed by atoms with E-state index in [1.165, 1.54) is 16.4 Å². The van der Waals surface area contributed by atoms with Crippen molar-refractivity contribution in [3.05, 3.63) is 24.0 Å². The van der Waals surface area contributed by atoms with Crippen LogP contribution in [0.25, 0.3) is 11.0 Å². The first kappa shape index (κ1) is 21.7. The number of ether oxygens (including phenoxy) is 1. The van der Waals surface area contributed by atoms with Crippen molar-refractivity contribution in [2.45, 2.75) is 51.3 Å². The van der Waals surface area contributed by atoms with Gasteiger partial charge in [0.25, 0.3) is 5.91 Å². The minimum absolute atomic E-state index is 0.00220. The minimum atomic E-state index is -0.576. The fourth-order valence-electron chi connectivity index (χ4n) is 3.14. The van der Waals surface area contributed by atoms with Crippen LogP contribution in [-0.2, 0) is 9.53 Å². The van der Waals surface area contributed by atoms with Gasteiger partial charge in [-0.15, -0.1) is 3.89 Å². The second kappa shape index (κ2) is 8.78. The molecule has 3 amide bonds. The molecule has 2 heterocycles. The van der Waals surface area contributed by atoms with E-state index in [0.717, 1.165) is 0 Å². The van der Waals surface area contributed by atoms with Gasteiger partial charge in [-0.05, 0) is 39.7 Å². The molecule has 2 aromatic rings. The first-order chi connectivity index (χ1) is 14.2. The number of pyridine rings is 1. The van der Waals surface area contributed by atoms with E-state index in [2.05, 4.69) is 26.5 Å². The molecule has 12 heteroatoms. The van der Waals surface area contributed by atoms with Crippen molar-refractivity contribution in [3.8, 4) is 0 Å². The fourth-order valence-corrected chi connectivity index (χ4v) is 3.46. The Morgan fingerprint density at radius 2 is 2.07 bits per heavy atom. The van der Waals surface area contributed by atoms with Crippen molar-refractivity contribution < 1.29 is 23.0 Å². The molecular formula is C18H23FN6O4S. The van der Waals surface area contributed by atoms with Gasteiger partial charge in [0.2, 0.25) is 6.41 Å². The summed E-state index contributed by atoms with van der Waals surface area (Å²) in [6, 6.07) is 1.56. The van der Waals surface area contributed by atoms with Gasteiger partial charge in [0, 0.05) is 29.9 Å². The lowest BCUT2D eigenvalue weighted by Crippen LogP contribution is -2.51. The normalized spacial score (nSPS) is 18.3. The molecule has 0 aliphatic heterocycles. The zero-order chi connectivity index (χ0) is 21.9. The number of nitrogens with one attached hydrogen (secondary N) is 4. The van der Waals surface area contributed by atoms with E-state index < -0.39 is 17.6 Å². The van der Waals surface area contributed by atoms with Crippen LogP contribution in [0.1, 0.15) is 44.0 Å². The second-order valence-corrected chi connectivity index (χ2v) is 8.40. The number of hydrazine groups is 1. The highest BCUT2D eigenvalue weighted by molar-refractivity contribution is 7.92. The summed E-state index contributed by atoms with van der Waals surface area (Å²) in [6.07, 6.45) is 3.92. The van der Waals surface area contributed by atoms with E-state index in [1.54, 1.807) is 26.8 Å². The highest BCUT2D eigenvalue weighted by Gasteiger charge is 2.33. The van der Waals surface area contributed by atoms with Crippen LogP contribution >= 0.6 is 12.3 Å². The molecule has 1 aliphatic rings. The average Bonchev–Trinajstić information content (AvgIpc) is 3.06. The zero-order valence-electron chi connectivity index (χ0n) is 16.7. The Hall–Kier alpha value is -3.02. The van der Waals surface area contributed by atoms with Crippen molar-refractivity contribution in [2.24, 2.45) is 0 Å². The number of carbonyl (C=O) groups excluding carboxylic acids is 3. The van der Waals surface area contributed by atoms with Crippen molar-refractivity contribution in [2.75, 3.05) is 5.32 Å². The third-order valence-electron chi connectivity index (χ3n) is 4.45. The molecule has 0 unspecified atom stereocenters. The molecule has 2 aromatic heterocycles. The molecule has 4 N–H and O–H groups in total. The lowest BCUT2D eigenvalue weighted by molar-refractivity contribution is -0.110. The van der Waals surface area contributed by atoms with E-state index in [4.69, 9.17) is 4.74 Å². The molecule has 162 valence electrons. The van der Waals surface area contributed by atoms with Crippen LogP contribution in [-0.4, -0.2) is 45.1 Å². The van der Waals surface area contributed by atoms with Gasteiger partial charge < -0.3 is 15.4 Å². The average molecular weight is 438 g/mol. The van der Waals surface area contributed by atoms with Gasteiger partial charge in [-0.1, -0.05) is 0 Å². The fraction of sp³-hybridized carbons (Fsp3) is 0.444. The molecule has 0 spiro atoms. The molecule has 1 saturated carbocycles. The van der Waals surface area contributed by atoms with Gasteiger partial charge in [0.15, 0.2) is 18.0 Å². The molecular weight excluding hydrogens is 415 g/mol. The number of fused-ring (bicyclic) bond motifs is 1. The highest BCUT2D eigenvalue weighted by atomic mass is 32.2. The predicted molar refractivity (Wildman–Crippen MR) is 110 cm³/mol. The van der Waals surface area contributed by atoms with Crippen LogP contribution in [0.15, 0.2) is 18.5 Å². The molecule has 0 bridgehead atoms.